The summed E-state index contributed by atoms with van der Waals surface area (Å²) in [7, 11) is -2.88. The Hall–Kier alpha value is -3.44. The van der Waals surface area contributed by atoms with E-state index in [0.29, 0.717) is 0 Å². The summed E-state index contributed by atoms with van der Waals surface area (Å²) in [4.78, 5) is 16.6. The van der Waals surface area contributed by atoms with Crippen LogP contribution in [0.2, 0.25) is 5.28 Å². The summed E-state index contributed by atoms with van der Waals surface area (Å²) in [5.74, 6) is -4.72. The molecule has 222 valence electrons. The second-order valence-corrected chi connectivity index (χ2v) is 11.5. The van der Waals surface area contributed by atoms with Gasteiger partial charge in [0.15, 0.2) is 11.5 Å². The van der Waals surface area contributed by atoms with Crippen LogP contribution in [0.4, 0.5) is 27.6 Å². The highest BCUT2D eigenvalue weighted by molar-refractivity contribution is 7.92. The summed E-state index contributed by atoms with van der Waals surface area (Å²) in [6, 6.07) is 6.84. The summed E-state index contributed by atoms with van der Waals surface area (Å²) < 4.78 is 92.2. The first kappa shape index (κ1) is 32.1. The molecule has 41 heavy (non-hydrogen) atoms. The highest BCUT2D eigenvalue weighted by Gasteiger charge is 2.39. The van der Waals surface area contributed by atoms with E-state index in [1.807, 2.05) is 0 Å². The lowest BCUT2D eigenvalue weighted by Gasteiger charge is -2.28. The van der Waals surface area contributed by atoms with Crippen molar-refractivity contribution in [3.8, 4) is 22.8 Å². The molecule has 3 aromatic rings. The third-order valence-corrected chi connectivity index (χ3v) is 6.71. The number of hydrogen-bond donors (Lipinski definition) is 1. The van der Waals surface area contributed by atoms with E-state index in [4.69, 9.17) is 21.1 Å². The molecule has 0 aliphatic rings. The van der Waals surface area contributed by atoms with Gasteiger partial charge >= 0.3 is 12.1 Å². The number of carbonyl (C=O) groups excluding carboxylic acids is 1. The van der Waals surface area contributed by atoms with E-state index in [0.717, 1.165) is 43.8 Å². The van der Waals surface area contributed by atoms with Gasteiger partial charge in [0.2, 0.25) is 5.28 Å². The largest absolute Gasteiger partial charge is 0.593 e. The minimum atomic E-state index is -5.31. The number of amides is 1. The predicted octanol–water partition coefficient (Wildman–Crippen LogP) is 5.43. The van der Waals surface area contributed by atoms with E-state index in [9.17, 15) is 41.4 Å². The van der Waals surface area contributed by atoms with Crippen molar-refractivity contribution in [2.24, 2.45) is 4.36 Å². The number of nitrogens with zero attached hydrogens (tertiary/aromatic N) is 4. The van der Waals surface area contributed by atoms with E-state index in [-0.39, 0.29) is 58.9 Å². The van der Waals surface area contributed by atoms with Crippen LogP contribution < -0.4 is 14.3 Å². The molecule has 2 aromatic carbocycles. The highest BCUT2D eigenvalue weighted by atomic mass is 35.5. The van der Waals surface area contributed by atoms with Gasteiger partial charge in [0.25, 0.3) is 0 Å². The third kappa shape index (κ3) is 9.29. The number of rotatable bonds is 10. The molecule has 2 atom stereocenters. The van der Waals surface area contributed by atoms with Crippen LogP contribution in [0, 0.1) is 16.8 Å². The Bertz CT molecular complexity index is 1560. The number of benzene rings is 2. The smallest absolute Gasteiger partial charge is 0.474 e. The number of aromatic nitrogens is 2. The van der Waals surface area contributed by atoms with Crippen molar-refractivity contribution >= 4 is 32.9 Å². The Morgan fingerprint density at radius 3 is 2.51 bits per heavy atom. The van der Waals surface area contributed by atoms with Gasteiger partial charge in [-0.2, -0.15) is 22.3 Å². The molecule has 0 aliphatic carbocycles. The van der Waals surface area contributed by atoms with Crippen LogP contribution in [-0.4, -0.2) is 58.0 Å². The topological polar surface area (TPSA) is 134 Å². The van der Waals surface area contributed by atoms with Crippen molar-refractivity contribution in [1.82, 2.24) is 14.8 Å². The van der Waals surface area contributed by atoms with Gasteiger partial charge < -0.3 is 14.7 Å². The van der Waals surface area contributed by atoms with Gasteiger partial charge in [-0.3, -0.25) is 4.79 Å². The molecule has 0 spiro atoms. The van der Waals surface area contributed by atoms with Crippen LogP contribution in [-0.2, 0) is 20.3 Å². The molecule has 1 amide bonds. The Balaban J connectivity index is 1.72. The Labute approximate surface area is 235 Å². The SMILES string of the molecule is C[N+]([O-])(O)c1cc(CS(C)(=O)=NC(=O)C(F)(F)F)cc(OCCCOc2cc(F)ccc2-c2nc(Cl)ncc2F)c1. The zero-order valence-electron chi connectivity index (χ0n) is 21.3. The van der Waals surface area contributed by atoms with Crippen LogP contribution in [0.15, 0.2) is 47.0 Å². The number of halogens is 6. The molecular formula is C24H22ClF5N4O6S. The van der Waals surface area contributed by atoms with E-state index in [2.05, 4.69) is 14.3 Å². The Morgan fingerprint density at radius 1 is 1.17 bits per heavy atom. The molecule has 0 saturated carbocycles. The minimum absolute atomic E-state index is 0.00386. The monoisotopic (exact) mass is 624 g/mol. The molecule has 2 unspecified atom stereocenters. The highest BCUT2D eigenvalue weighted by Crippen LogP contribution is 2.32. The first-order valence-corrected chi connectivity index (χ1v) is 13.9. The molecule has 0 bridgehead atoms. The van der Waals surface area contributed by atoms with Gasteiger partial charge in [0, 0.05) is 36.4 Å². The van der Waals surface area contributed by atoms with Gasteiger partial charge in [-0.15, -0.1) is 0 Å². The number of alkyl halides is 3. The predicted molar refractivity (Wildman–Crippen MR) is 139 cm³/mol. The second-order valence-electron chi connectivity index (χ2n) is 8.74. The fraction of sp³-hybridized carbons (Fsp3) is 0.292. The molecule has 0 saturated heterocycles. The molecule has 17 heteroatoms. The van der Waals surface area contributed by atoms with Crippen molar-refractivity contribution in [3.05, 3.63) is 70.3 Å². The molecule has 1 N–H and O–H groups in total. The standard InChI is InChI=1S/C24H22ClF5N4O6S/c1-34(36,37)16-8-14(13-41(2,38)33-22(35)24(28,29)30)9-17(11-16)39-6-3-7-40-20-10-15(26)4-5-18(20)21-19(27)12-31-23(25)32-21/h4-5,8-12,36H,3,6-7,13H2,1-2H3. The second kappa shape index (κ2) is 12.6. The maximum Gasteiger partial charge on any atom is 0.474 e. The average Bonchev–Trinajstić information content (AvgIpc) is 2.84. The summed E-state index contributed by atoms with van der Waals surface area (Å²) >= 11 is 5.74. The van der Waals surface area contributed by atoms with Crippen molar-refractivity contribution in [2.75, 3.05) is 26.5 Å². The number of hydrogen-bond acceptors (Lipinski definition) is 8. The van der Waals surface area contributed by atoms with Crippen molar-refractivity contribution < 1.29 is 45.6 Å². The molecule has 1 aromatic heterocycles. The lowest BCUT2D eigenvalue weighted by Crippen LogP contribution is -2.33. The van der Waals surface area contributed by atoms with Crippen LogP contribution in [0.5, 0.6) is 11.5 Å². The zero-order valence-corrected chi connectivity index (χ0v) is 22.9. The molecule has 0 radical (unpaired) electrons. The van der Waals surface area contributed by atoms with Gasteiger partial charge in [-0.05, 0) is 35.4 Å². The summed E-state index contributed by atoms with van der Waals surface area (Å²) in [6.45, 7) is -0.145. The molecule has 0 fully saturated rings. The lowest BCUT2D eigenvalue weighted by atomic mass is 10.1. The van der Waals surface area contributed by atoms with Gasteiger partial charge in [-0.25, -0.2) is 28.2 Å². The molecule has 10 nitrogen and oxygen atoms in total. The van der Waals surface area contributed by atoms with E-state index in [1.165, 1.54) is 12.1 Å². The maximum absolute atomic E-state index is 14.2. The van der Waals surface area contributed by atoms with Gasteiger partial charge in [0.05, 0.1) is 34.9 Å². The number of ether oxygens (including phenoxy) is 2. The van der Waals surface area contributed by atoms with Gasteiger partial charge in [0.1, 0.15) is 30.1 Å². The third-order valence-electron chi connectivity index (χ3n) is 5.11. The van der Waals surface area contributed by atoms with Crippen molar-refractivity contribution in [3.63, 3.8) is 0 Å². The summed E-state index contributed by atoms with van der Waals surface area (Å²) in [5, 5.41) is 21.7. The molecular weight excluding hydrogens is 603 g/mol. The van der Waals surface area contributed by atoms with Crippen molar-refractivity contribution in [2.45, 2.75) is 18.3 Å². The average molecular weight is 625 g/mol. The summed E-state index contributed by atoms with van der Waals surface area (Å²) in [5.41, 5.74) is -0.399. The minimum Gasteiger partial charge on any atom is -0.593 e. The maximum atomic E-state index is 14.2. The summed E-state index contributed by atoms with van der Waals surface area (Å²) in [6.07, 6.45) is -3.46. The van der Waals surface area contributed by atoms with E-state index < -0.39 is 44.0 Å². The first-order chi connectivity index (χ1) is 18.9. The van der Waals surface area contributed by atoms with Crippen LogP contribution >= 0.6 is 11.6 Å². The van der Waals surface area contributed by atoms with Crippen LogP contribution in [0.25, 0.3) is 11.3 Å². The number of quaternary nitrogens is 1. The molecule has 1 heterocycles. The van der Waals surface area contributed by atoms with Gasteiger partial charge in [-0.1, -0.05) is 0 Å². The van der Waals surface area contributed by atoms with Crippen molar-refractivity contribution in [1.29, 1.82) is 0 Å². The normalized spacial score (nSPS) is 14.6. The Kier molecular flexibility index (Phi) is 9.86. The van der Waals surface area contributed by atoms with E-state index in [1.54, 1.807) is 0 Å². The van der Waals surface area contributed by atoms with Crippen LogP contribution in [0.3, 0.4) is 0 Å². The quantitative estimate of drug-likeness (QED) is 0.104. The fourth-order valence-electron chi connectivity index (χ4n) is 3.40. The zero-order chi connectivity index (χ0) is 30.6. The van der Waals surface area contributed by atoms with E-state index >= 15 is 0 Å². The van der Waals surface area contributed by atoms with Crippen LogP contribution in [0.1, 0.15) is 12.0 Å². The lowest BCUT2D eigenvalue weighted by molar-refractivity contribution is -0.169. The number of hydroxylamine groups is 2. The Morgan fingerprint density at radius 2 is 1.85 bits per heavy atom. The fourth-order valence-corrected chi connectivity index (χ4v) is 4.83. The first-order valence-electron chi connectivity index (χ1n) is 11.4. The molecule has 3 rings (SSSR count). The number of carbonyl (C=O) groups is 1. The molecule has 0 aliphatic heterocycles.